The second-order valence-electron chi connectivity index (χ2n) is 6.98. The minimum Gasteiger partial charge on any atom is -0.384 e. The van der Waals surface area contributed by atoms with Gasteiger partial charge in [-0.3, -0.25) is 4.79 Å². The van der Waals surface area contributed by atoms with E-state index in [1.54, 1.807) is 7.11 Å². The van der Waals surface area contributed by atoms with Crippen molar-refractivity contribution in [2.45, 2.75) is 44.2 Å². The lowest BCUT2D eigenvalue weighted by Crippen LogP contribution is -2.53. The van der Waals surface area contributed by atoms with E-state index < -0.39 is 0 Å². The second-order valence-corrected chi connectivity index (χ2v) is 6.98. The first-order chi connectivity index (χ1) is 9.27. The van der Waals surface area contributed by atoms with Crippen LogP contribution in [0.25, 0.3) is 0 Å². The van der Waals surface area contributed by atoms with Crippen molar-refractivity contribution in [1.82, 2.24) is 10.2 Å². The zero-order valence-corrected chi connectivity index (χ0v) is 11.7. The monoisotopic (exact) mass is 264 g/mol. The lowest BCUT2D eigenvalue weighted by Gasteiger charge is -2.43. The molecule has 1 N–H and O–H groups in total. The van der Waals surface area contributed by atoms with Gasteiger partial charge in [0.25, 0.3) is 0 Å². The summed E-state index contributed by atoms with van der Waals surface area (Å²) in [6.45, 7) is 2.86. The molecule has 4 nitrogen and oxygen atoms in total. The van der Waals surface area contributed by atoms with Gasteiger partial charge in [0.2, 0.25) is 5.91 Å². The number of carbonyl (C=O) groups excluding carboxylic acids is 1. The molecule has 0 unspecified atom stereocenters. The molecule has 3 aliphatic heterocycles. The van der Waals surface area contributed by atoms with Crippen molar-refractivity contribution in [1.29, 1.82) is 0 Å². The first kappa shape index (κ1) is 12.2. The molecule has 1 saturated carbocycles. The van der Waals surface area contributed by atoms with Gasteiger partial charge in [0.1, 0.15) is 0 Å². The quantitative estimate of drug-likeness (QED) is 0.827. The van der Waals surface area contributed by atoms with Gasteiger partial charge in [0, 0.05) is 32.3 Å². The predicted octanol–water partition coefficient (Wildman–Crippen LogP) is 1.01. The Hall–Kier alpha value is -0.610. The summed E-state index contributed by atoms with van der Waals surface area (Å²) in [4.78, 5) is 15.4. The van der Waals surface area contributed by atoms with Crippen LogP contribution in [0, 0.1) is 17.3 Å². The van der Waals surface area contributed by atoms with Gasteiger partial charge in [-0.25, -0.2) is 0 Å². The predicted molar refractivity (Wildman–Crippen MR) is 71.7 cm³/mol. The van der Waals surface area contributed by atoms with Gasteiger partial charge in [-0.1, -0.05) is 6.42 Å². The van der Waals surface area contributed by atoms with Crippen molar-refractivity contribution in [3.8, 4) is 0 Å². The summed E-state index contributed by atoms with van der Waals surface area (Å²) >= 11 is 0. The van der Waals surface area contributed by atoms with Crippen LogP contribution in [0.4, 0.5) is 0 Å². The maximum Gasteiger partial charge on any atom is 0.231 e. The molecule has 4 heteroatoms. The average molecular weight is 264 g/mol. The number of hydrogen-bond acceptors (Lipinski definition) is 3. The molecule has 3 heterocycles. The molecule has 0 aromatic carbocycles. The summed E-state index contributed by atoms with van der Waals surface area (Å²) < 4.78 is 5.35. The summed E-state index contributed by atoms with van der Waals surface area (Å²) in [5.74, 6) is 1.87. The number of hydrogen-bond donors (Lipinski definition) is 1. The molecule has 1 amide bonds. The molecule has 0 spiro atoms. The maximum atomic E-state index is 13.1. The van der Waals surface area contributed by atoms with Gasteiger partial charge in [0.15, 0.2) is 0 Å². The molecule has 19 heavy (non-hydrogen) atoms. The Balaban J connectivity index is 1.58. The smallest absolute Gasteiger partial charge is 0.231 e. The summed E-state index contributed by atoms with van der Waals surface area (Å²) in [7, 11) is 1.73. The molecule has 3 saturated heterocycles. The largest absolute Gasteiger partial charge is 0.384 e. The molecule has 0 radical (unpaired) electrons. The number of carbonyl (C=O) groups is 1. The number of ether oxygens (including phenoxy) is 1. The van der Waals surface area contributed by atoms with Crippen LogP contribution >= 0.6 is 0 Å². The molecule has 4 aliphatic rings. The highest BCUT2D eigenvalue weighted by atomic mass is 16.5. The number of rotatable bonds is 3. The fraction of sp³-hybridized carbons (Fsp3) is 0.933. The highest BCUT2D eigenvalue weighted by Crippen LogP contribution is 2.52. The van der Waals surface area contributed by atoms with Crippen LogP contribution in [0.2, 0.25) is 0 Å². The third-order valence-electron chi connectivity index (χ3n) is 6.19. The fourth-order valence-electron chi connectivity index (χ4n) is 5.14. The van der Waals surface area contributed by atoms with E-state index in [2.05, 4.69) is 10.2 Å². The minimum absolute atomic E-state index is 0.165. The summed E-state index contributed by atoms with van der Waals surface area (Å²) in [5.41, 5.74) is -0.165. The van der Waals surface area contributed by atoms with Gasteiger partial charge in [-0.2, -0.15) is 0 Å². The molecule has 0 aromatic rings. The van der Waals surface area contributed by atoms with E-state index in [1.165, 1.54) is 19.3 Å². The zero-order valence-electron chi connectivity index (χ0n) is 11.7. The van der Waals surface area contributed by atoms with Gasteiger partial charge in [-0.15, -0.1) is 0 Å². The third kappa shape index (κ3) is 1.50. The van der Waals surface area contributed by atoms with E-state index in [0.29, 0.717) is 24.6 Å². The zero-order chi connectivity index (χ0) is 13.0. The van der Waals surface area contributed by atoms with Gasteiger partial charge >= 0.3 is 0 Å². The SMILES string of the molecule is COCC1(C(=O)N2[C@@H]3CC[C@H]2[C@H]2CNC[C@H]23)CCC1. The second kappa shape index (κ2) is 4.19. The average Bonchev–Trinajstić information content (AvgIpc) is 3.02. The van der Waals surface area contributed by atoms with E-state index in [-0.39, 0.29) is 5.41 Å². The Morgan fingerprint density at radius 3 is 2.37 bits per heavy atom. The van der Waals surface area contributed by atoms with Crippen molar-refractivity contribution >= 4 is 5.91 Å². The van der Waals surface area contributed by atoms with Gasteiger partial charge in [0.05, 0.1) is 12.0 Å². The Kier molecular flexibility index (Phi) is 2.68. The van der Waals surface area contributed by atoms with Crippen molar-refractivity contribution in [2.75, 3.05) is 26.8 Å². The summed E-state index contributed by atoms with van der Waals surface area (Å²) in [6, 6.07) is 1.04. The summed E-state index contributed by atoms with van der Waals surface area (Å²) in [5, 5.41) is 3.51. The molecule has 4 rings (SSSR count). The fourth-order valence-corrected chi connectivity index (χ4v) is 5.14. The van der Waals surface area contributed by atoms with Gasteiger partial charge in [-0.05, 0) is 37.5 Å². The number of amides is 1. The van der Waals surface area contributed by atoms with E-state index in [4.69, 9.17) is 4.74 Å². The molecule has 1 aliphatic carbocycles. The molecule has 4 atom stereocenters. The van der Waals surface area contributed by atoms with E-state index in [0.717, 1.165) is 37.8 Å². The standard InChI is InChI=1S/C15H24N2O2/c1-19-9-15(5-2-6-15)14(18)17-12-3-4-13(17)11-8-16-7-10(11)12/h10-13,16H,2-9H2,1H3/t10-,11+,12-,13+. The molecule has 2 bridgehead atoms. The third-order valence-corrected chi connectivity index (χ3v) is 6.19. The number of nitrogens with one attached hydrogen (secondary N) is 1. The lowest BCUT2D eigenvalue weighted by atomic mass is 9.68. The van der Waals surface area contributed by atoms with Gasteiger partial charge < -0.3 is 15.0 Å². The van der Waals surface area contributed by atoms with E-state index in [9.17, 15) is 4.79 Å². The van der Waals surface area contributed by atoms with Crippen molar-refractivity contribution in [2.24, 2.45) is 17.3 Å². The molecule has 0 aromatic heterocycles. The van der Waals surface area contributed by atoms with Crippen molar-refractivity contribution < 1.29 is 9.53 Å². The highest BCUT2D eigenvalue weighted by molar-refractivity contribution is 5.85. The van der Waals surface area contributed by atoms with Crippen LogP contribution in [0.5, 0.6) is 0 Å². The molecule has 106 valence electrons. The van der Waals surface area contributed by atoms with Crippen LogP contribution < -0.4 is 5.32 Å². The molecular formula is C15H24N2O2. The number of fused-ring (bicyclic) bond motifs is 5. The van der Waals surface area contributed by atoms with Crippen molar-refractivity contribution in [3.63, 3.8) is 0 Å². The molecule has 4 fully saturated rings. The first-order valence-corrected chi connectivity index (χ1v) is 7.79. The van der Waals surface area contributed by atoms with E-state index in [1.807, 2.05) is 0 Å². The van der Waals surface area contributed by atoms with Crippen LogP contribution in [0.3, 0.4) is 0 Å². The Labute approximate surface area is 114 Å². The van der Waals surface area contributed by atoms with Crippen LogP contribution in [0.1, 0.15) is 32.1 Å². The Morgan fingerprint density at radius 2 is 1.89 bits per heavy atom. The van der Waals surface area contributed by atoms with E-state index >= 15 is 0 Å². The number of methoxy groups -OCH3 is 1. The lowest BCUT2D eigenvalue weighted by molar-refractivity contribution is -0.154. The Morgan fingerprint density at radius 1 is 1.26 bits per heavy atom. The highest BCUT2D eigenvalue weighted by Gasteiger charge is 2.59. The number of nitrogens with zero attached hydrogens (tertiary/aromatic N) is 1. The first-order valence-electron chi connectivity index (χ1n) is 7.79. The van der Waals surface area contributed by atoms with Crippen molar-refractivity contribution in [3.05, 3.63) is 0 Å². The van der Waals surface area contributed by atoms with Crippen LogP contribution in [0.15, 0.2) is 0 Å². The topological polar surface area (TPSA) is 41.6 Å². The Bertz CT molecular complexity index is 376. The molecular weight excluding hydrogens is 240 g/mol. The maximum absolute atomic E-state index is 13.1. The minimum atomic E-state index is -0.165. The van der Waals surface area contributed by atoms with Crippen LogP contribution in [-0.4, -0.2) is 49.7 Å². The normalized spacial score (nSPS) is 42.3. The van der Waals surface area contributed by atoms with Crippen LogP contribution in [-0.2, 0) is 9.53 Å². The summed E-state index contributed by atoms with van der Waals surface area (Å²) in [6.07, 6.45) is 5.70.